The molecule has 1 aromatic rings. The SMILES string of the molecule is CC(C)(C)C1C2=CCCN2[C@@H](c2ccn(C3CCCCO3)n2)[C@H]1CO. The van der Waals surface area contributed by atoms with E-state index in [9.17, 15) is 5.11 Å². The highest BCUT2D eigenvalue weighted by molar-refractivity contribution is 5.27. The third-order valence-electron chi connectivity index (χ3n) is 6.07. The van der Waals surface area contributed by atoms with Crippen LogP contribution in [-0.2, 0) is 4.74 Å². The van der Waals surface area contributed by atoms with E-state index < -0.39 is 0 Å². The van der Waals surface area contributed by atoms with Gasteiger partial charge in [-0.05, 0) is 37.2 Å². The van der Waals surface area contributed by atoms with Gasteiger partial charge in [-0.15, -0.1) is 0 Å². The summed E-state index contributed by atoms with van der Waals surface area (Å²) in [6.45, 7) is 8.92. The zero-order chi connectivity index (χ0) is 17.6. The summed E-state index contributed by atoms with van der Waals surface area (Å²) >= 11 is 0. The van der Waals surface area contributed by atoms with Gasteiger partial charge in [-0.3, -0.25) is 0 Å². The molecule has 0 spiro atoms. The zero-order valence-corrected chi connectivity index (χ0v) is 15.7. The average Bonchev–Trinajstić information content (AvgIpc) is 3.28. The molecule has 5 nitrogen and oxygen atoms in total. The molecule has 25 heavy (non-hydrogen) atoms. The van der Waals surface area contributed by atoms with Gasteiger partial charge >= 0.3 is 0 Å². The number of fused-ring (bicyclic) bond motifs is 1. The first-order chi connectivity index (χ1) is 12.0. The molecule has 0 aromatic carbocycles. The number of rotatable bonds is 3. The summed E-state index contributed by atoms with van der Waals surface area (Å²) in [5.74, 6) is 0.572. The third kappa shape index (κ3) is 2.91. The number of nitrogens with zero attached hydrogens (tertiary/aromatic N) is 3. The second-order valence-electron chi connectivity index (χ2n) is 8.79. The molecule has 0 bridgehead atoms. The lowest BCUT2D eigenvalue weighted by atomic mass is 9.71. The molecule has 0 amide bonds. The molecular weight excluding hydrogens is 314 g/mol. The minimum absolute atomic E-state index is 0.0727. The summed E-state index contributed by atoms with van der Waals surface area (Å²) in [5.41, 5.74) is 2.62. The highest BCUT2D eigenvalue weighted by Gasteiger charge is 2.51. The maximum absolute atomic E-state index is 10.2. The summed E-state index contributed by atoms with van der Waals surface area (Å²) in [6, 6.07) is 2.31. The van der Waals surface area contributed by atoms with Gasteiger partial charge in [-0.2, -0.15) is 5.10 Å². The second kappa shape index (κ2) is 6.44. The van der Waals surface area contributed by atoms with Crippen LogP contribution in [0.1, 0.15) is 64.4 Å². The molecule has 0 saturated carbocycles. The van der Waals surface area contributed by atoms with Crippen LogP contribution in [0.5, 0.6) is 0 Å². The molecule has 5 heteroatoms. The van der Waals surface area contributed by atoms with Crippen molar-refractivity contribution < 1.29 is 9.84 Å². The fraction of sp³-hybridized carbons (Fsp3) is 0.750. The molecule has 4 atom stereocenters. The summed E-state index contributed by atoms with van der Waals surface area (Å²) < 4.78 is 7.87. The number of aliphatic hydroxyl groups is 1. The van der Waals surface area contributed by atoms with Gasteiger partial charge in [0.25, 0.3) is 0 Å². The highest BCUT2D eigenvalue weighted by Crippen LogP contribution is 2.54. The van der Waals surface area contributed by atoms with Crippen molar-refractivity contribution in [3.05, 3.63) is 29.7 Å². The zero-order valence-electron chi connectivity index (χ0n) is 15.7. The molecule has 3 aliphatic rings. The monoisotopic (exact) mass is 345 g/mol. The fourth-order valence-electron chi connectivity index (χ4n) is 5.11. The van der Waals surface area contributed by atoms with Crippen molar-refractivity contribution in [1.82, 2.24) is 14.7 Å². The van der Waals surface area contributed by atoms with Gasteiger partial charge in [0.15, 0.2) is 0 Å². The third-order valence-corrected chi connectivity index (χ3v) is 6.07. The van der Waals surface area contributed by atoms with E-state index in [1.807, 2.05) is 4.68 Å². The molecule has 1 N–H and O–H groups in total. The van der Waals surface area contributed by atoms with E-state index in [0.29, 0.717) is 5.92 Å². The molecule has 3 aliphatic heterocycles. The number of hydrogen-bond acceptors (Lipinski definition) is 4. The van der Waals surface area contributed by atoms with Crippen LogP contribution < -0.4 is 0 Å². The molecule has 2 fully saturated rings. The van der Waals surface area contributed by atoms with Gasteiger partial charge in [0.2, 0.25) is 0 Å². The Morgan fingerprint density at radius 1 is 1.32 bits per heavy atom. The second-order valence-corrected chi connectivity index (χ2v) is 8.79. The molecule has 0 radical (unpaired) electrons. The first-order valence-electron chi connectivity index (χ1n) is 9.75. The van der Waals surface area contributed by atoms with Gasteiger partial charge in [-0.1, -0.05) is 26.8 Å². The Morgan fingerprint density at radius 2 is 2.16 bits per heavy atom. The van der Waals surface area contributed by atoms with Crippen LogP contribution in [0.2, 0.25) is 0 Å². The van der Waals surface area contributed by atoms with Crippen molar-refractivity contribution in [3.8, 4) is 0 Å². The molecule has 2 saturated heterocycles. The van der Waals surface area contributed by atoms with Crippen LogP contribution in [0, 0.1) is 17.3 Å². The topological polar surface area (TPSA) is 50.5 Å². The first kappa shape index (κ1) is 17.1. The maximum Gasteiger partial charge on any atom is 0.150 e. The van der Waals surface area contributed by atoms with Crippen LogP contribution >= 0.6 is 0 Å². The lowest BCUT2D eigenvalue weighted by Gasteiger charge is -2.32. The molecular formula is C20H31N3O2. The standard InChI is InChI=1S/C20H31N3O2/c1-20(2,3)18-14(13-24)19(22-10-6-7-16(18)22)15-9-11-23(21-15)17-8-4-5-12-25-17/h7,9,11,14,17-19,24H,4-6,8,10,12-13H2,1-3H3/t14-,17?,18?,19+/m0/s1. The number of aliphatic hydroxyl groups excluding tert-OH is 1. The molecule has 0 aliphatic carbocycles. The largest absolute Gasteiger partial charge is 0.396 e. The van der Waals surface area contributed by atoms with E-state index in [-0.39, 0.29) is 30.2 Å². The fourth-order valence-corrected chi connectivity index (χ4v) is 5.11. The van der Waals surface area contributed by atoms with E-state index in [2.05, 4.69) is 44.0 Å². The number of aromatic nitrogens is 2. The Morgan fingerprint density at radius 3 is 2.84 bits per heavy atom. The van der Waals surface area contributed by atoms with E-state index in [0.717, 1.165) is 38.1 Å². The van der Waals surface area contributed by atoms with Gasteiger partial charge in [0.05, 0.1) is 11.7 Å². The summed E-state index contributed by atoms with van der Waals surface area (Å²) in [6.07, 6.45) is 8.99. The lowest BCUT2D eigenvalue weighted by molar-refractivity contribution is -0.0399. The Bertz CT molecular complexity index is 640. The number of hydrogen-bond donors (Lipinski definition) is 1. The Labute approximate surface area is 150 Å². The summed E-state index contributed by atoms with van der Waals surface area (Å²) in [5, 5.41) is 15.1. The molecule has 138 valence electrons. The Balaban J connectivity index is 1.65. The average molecular weight is 345 g/mol. The number of ether oxygens (including phenoxy) is 1. The van der Waals surface area contributed by atoms with Crippen molar-refractivity contribution in [2.24, 2.45) is 17.3 Å². The van der Waals surface area contributed by atoms with Gasteiger partial charge in [0, 0.05) is 43.5 Å². The van der Waals surface area contributed by atoms with E-state index >= 15 is 0 Å². The van der Waals surface area contributed by atoms with E-state index in [1.165, 1.54) is 12.1 Å². The maximum atomic E-state index is 10.2. The highest BCUT2D eigenvalue weighted by atomic mass is 16.5. The van der Waals surface area contributed by atoms with E-state index in [1.54, 1.807) is 0 Å². The predicted molar refractivity (Wildman–Crippen MR) is 96.7 cm³/mol. The molecule has 4 rings (SSSR count). The smallest absolute Gasteiger partial charge is 0.150 e. The Kier molecular flexibility index (Phi) is 4.40. The van der Waals surface area contributed by atoms with Crippen LogP contribution in [0.3, 0.4) is 0 Å². The summed E-state index contributed by atoms with van der Waals surface area (Å²) in [4.78, 5) is 2.49. The molecule has 4 heterocycles. The van der Waals surface area contributed by atoms with Crippen molar-refractivity contribution in [2.75, 3.05) is 19.8 Å². The van der Waals surface area contributed by atoms with Crippen molar-refractivity contribution in [1.29, 1.82) is 0 Å². The van der Waals surface area contributed by atoms with E-state index in [4.69, 9.17) is 9.84 Å². The lowest BCUT2D eigenvalue weighted by Crippen LogP contribution is -2.30. The molecule has 1 aromatic heterocycles. The van der Waals surface area contributed by atoms with Crippen LogP contribution in [0.15, 0.2) is 24.0 Å². The van der Waals surface area contributed by atoms with Crippen molar-refractivity contribution in [2.45, 2.75) is 58.7 Å². The van der Waals surface area contributed by atoms with Crippen LogP contribution in [0.25, 0.3) is 0 Å². The summed E-state index contributed by atoms with van der Waals surface area (Å²) in [7, 11) is 0. The first-order valence-corrected chi connectivity index (χ1v) is 9.75. The number of allylic oxidation sites excluding steroid dienone is 1. The van der Waals surface area contributed by atoms with Gasteiger partial charge in [0.1, 0.15) is 6.23 Å². The van der Waals surface area contributed by atoms with Gasteiger partial charge in [-0.25, -0.2) is 4.68 Å². The molecule has 2 unspecified atom stereocenters. The Hall–Kier alpha value is -1.33. The quantitative estimate of drug-likeness (QED) is 0.911. The minimum Gasteiger partial charge on any atom is -0.396 e. The van der Waals surface area contributed by atoms with Crippen LogP contribution in [0.4, 0.5) is 0 Å². The van der Waals surface area contributed by atoms with Crippen LogP contribution in [-0.4, -0.2) is 39.5 Å². The predicted octanol–water partition coefficient (Wildman–Crippen LogP) is 3.50. The van der Waals surface area contributed by atoms with Gasteiger partial charge < -0.3 is 14.7 Å². The minimum atomic E-state index is 0.0727. The van der Waals surface area contributed by atoms with Crippen molar-refractivity contribution in [3.63, 3.8) is 0 Å². The van der Waals surface area contributed by atoms with Crippen molar-refractivity contribution >= 4 is 0 Å². The normalized spacial score (nSPS) is 32.8.